The minimum atomic E-state index is -3.11. The first-order valence-corrected chi connectivity index (χ1v) is 6.76. The summed E-state index contributed by atoms with van der Waals surface area (Å²) >= 11 is 0. The molecule has 0 N–H and O–H groups in total. The van der Waals surface area contributed by atoms with E-state index >= 15 is 0 Å². The molecular weight excluding hydrogens is 220 g/mol. The molecule has 15 heavy (non-hydrogen) atoms. The maximum atomic E-state index is 11.6. The number of esters is 1. The molecule has 0 bridgehead atoms. The SMILES string of the molecule is CCOC(=O)C1CS(=O)(=O)CC12COC2. The first kappa shape index (κ1) is 10.9. The zero-order chi connectivity index (χ0) is 11.1. The van der Waals surface area contributed by atoms with Gasteiger partial charge in [0.15, 0.2) is 9.84 Å². The van der Waals surface area contributed by atoms with Gasteiger partial charge in [-0.25, -0.2) is 8.42 Å². The molecule has 2 aliphatic rings. The first-order chi connectivity index (χ1) is 6.99. The van der Waals surface area contributed by atoms with E-state index in [4.69, 9.17) is 9.47 Å². The van der Waals surface area contributed by atoms with Gasteiger partial charge in [0.05, 0.1) is 37.2 Å². The molecule has 2 aliphatic heterocycles. The van der Waals surface area contributed by atoms with Crippen LogP contribution in [0.15, 0.2) is 0 Å². The van der Waals surface area contributed by atoms with Crippen molar-refractivity contribution < 1.29 is 22.7 Å². The Morgan fingerprint density at radius 3 is 2.67 bits per heavy atom. The molecule has 6 heteroatoms. The quantitative estimate of drug-likeness (QED) is 0.609. The molecule has 1 atom stereocenters. The van der Waals surface area contributed by atoms with E-state index in [1.807, 2.05) is 0 Å². The van der Waals surface area contributed by atoms with Crippen LogP contribution in [0.1, 0.15) is 6.92 Å². The molecule has 1 spiro atoms. The van der Waals surface area contributed by atoms with Gasteiger partial charge in [-0.2, -0.15) is 0 Å². The summed E-state index contributed by atoms with van der Waals surface area (Å²) in [6.07, 6.45) is 0. The normalized spacial score (nSPS) is 31.1. The van der Waals surface area contributed by atoms with Gasteiger partial charge in [-0.3, -0.25) is 4.79 Å². The second-order valence-electron chi connectivity index (χ2n) is 4.21. The molecule has 0 saturated carbocycles. The van der Waals surface area contributed by atoms with E-state index in [9.17, 15) is 13.2 Å². The van der Waals surface area contributed by atoms with E-state index in [-0.39, 0.29) is 18.1 Å². The molecular formula is C9H14O5S. The molecule has 0 aromatic heterocycles. The van der Waals surface area contributed by atoms with E-state index in [1.165, 1.54) is 0 Å². The van der Waals surface area contributed by atoms with E-state index in [0.29, 0.717) is 13.2 Å². The lowest BCUT2D eigenvalue weighted by Gasteiger charge is -2.40. The summed E-state index contributed by atoms with van der Waals surface area (Å²) in [7, 11) is -3.11. The van der Waals surface area contributed by atoms with Crippen molar-refractivity contribution in [1.82, 2.24) is 0 Å². The number of carbonyl (C=O) groups is 1. The summed E-state index contributed by atoms with van der Waals surface area (Å²) in [5, 5.41) is 0. The number of carbonyl (C=O) groups excluding carboxylic acids is 1. The van der Waals surface area contributed by atoms with Gasteiger partial charge in [-0.15, -0.1) is 0 Å². The van der Waals surface area contributed by atoms with E-state index < -0.39 is 27.1 Å². The summed E-state index contributed by atoms with van der Waals surface area (Å²) in [5.41, 5.74) is -0.495. The molecule has 0 aliphatic carbocycles. The number of sulfone groups is 1. The lowest BCUT2D eigenvalue weighted by Crippen LogP contribution is -2.51. The van der Waals surface area contributed by atoms with E-state index in [2.05, 4.69) is 0 Å². The fourth-order valence-corrected chi connectivity index (χ4v) is 4.60. The highest BCUT2D eigenvalue weighted by Crippen LogP contribution is 2.44. The lowest BCUT2D eigenvalue weighted by molar-refractivity contribution is -0.169. The van der Waals surface area contributed by atoms with Crippen molar-refractivity contribution in [2.45, 2.75) is 6.92 Å². The van der Waals surface area contributed by atoms with Crippen LogP contribution in [-0.4, -0.2) is 45.7 Å². The summed E-state index contributed by atoms with van der Waals surface area (Å²) in [4.78, 5) is 11.6. The highest BCUT2D eigenvalue weighted by molar-refractivity contribution is 7.91. The Hall–Kier alpha value is -0.620. The third-order valence-electron chi connectivity index (χ3n) is 3.02. The van der Waals surface area contributed by atoms with Crippen LogP contribution in [-0.2, 0) is 24.1 Å². The topological polar surface area (TPSA) is 69.7 Å². The van der Waals surface area contributed by atoms with Crippen LogP contribution in [0.25, 0.3) is 0 Å². The van der Waals surface area contributed by atoms with Gasteiger partial charge in [-0.1, -0.05) is 0 Å². The summed E-state index contributed by atoms with van der Waals surface area (Å²) in [6, 6.07) is 0. The van der Waals surface area contributed by atoms with Crippen molar-refractivity contribution in [2.24, 2.45) is 11.3 Å². The van der Waals surface area contributed by atoms with Gasteiger partial charge in [0, 0.05) is 5.41 Å². The number of ether oxygens (including phenoxy) is 2. The fraction of sp³-hybridized carbons (Fsp3) is 0.889. The van der Waals surface area contributed by atoms with Crippen LogP contribution >= 0.6 is 0 Å². The maximum absolute atomic E-state index is 11.6. The van der Waals surface area contributed by atoms with Crippen molar-refractivity contribution in [3.05, 3.63) is 0 Å². The van der Waals surface area contributed by atoms with Crippen LogP contribution in [0.2, 0.25) is 0 Å². The summed E-state index contributed by atoms with van der Waals surface area (Å²) in [5.74, 6) is -0.961. The Labute approximate surface area is 88.7 Å². The number of hydrogen-bond acceptors (Lipinski definition) is 5. The standard InChI is InChI=1S/C9H14O5S/c1-2-14-8(10)7-3-15(11,12)6-9(7)4-13-5-9/h7H,2-6H2,1H3. The molecule has 2 rings (SSSR count). The van der Waals surface area contributed by atoms with Crippen molar-refractivity contribution in [3.8, 4) is 0 Å². The van der Waals surface area contributed by atoms with Gasteiger partial charge in [0.2, 0.25) is 0 Å². The monoisotopic (exact) mass is 234 g/mol. The highest BCUT2D eigenvalue weighted by Gasteiger charge is 2.58. The van der Waals surface area contributed by atoms with Crippen LogP contribution in [0.5, 0.6) is 0 Å². The predicted molar refractivity (Wildman–Crippen MR) is 52.0 cm³/mol. The predicted octanol–water partition coefficient (Wildman–Crippen LogP) is -0.389. The highest BCUT2D eigenvalue weighted by atomic mass is 32.2. The van der Waals surface area contributed by atoms with Crippen LogP contribution in [0.4, 0.5) is 0 Å². The smallest absolute Gasteiger partial charge is 0.310 e. The van der Waals surface area contributed by atoms with E-state index in [1.54, 1.807) is 6.92 Å². The minimum Gasteiger partial charge on any atom is -0.466 e. The van der Waals surface area contributed by atoms with Crippen molar-refractivity contribution in [2.75, 3.05) is 31.3 Å². The second kappa shape index (κ2) is 3.45. The lowest BCUT2D eigenvalue weighted by atomic mass is 9.76. The van der Waals surface area contributed by atoms with Crippen LogP contribution in [0.3, 0.4) is 0 Å². The Kier molecular flexibility index (Phi) is 2.50. The van der Waals surface area contributed by atoms with Crippen LogP contribution < -0.4 is 0 Å². The van der Waals surface area contributed by atoms with E-state index in [0.717, 1.165) is 0 Å². The fourth-order valence-electron chi connectivity index (χ4n) is 2.24. The molecule has 2 fully saturated rings. The molecule has 2 heterocycles. The summed E-state index contributed by atoms with van der Waals surface area (Å²) in [6.45, 7) is 2.71. The van der Waals surface area contributed by atoms with Crippen molar-refractivity contribution >= 4 is 15.8 Å². The van der Waals surface area contributed by atoms with Gasteiger partial charge in [-0.05, 0) is 6.92 Å². The Morgan fingerprint density at radius 2 is 2.20 bits per heavy atom. The zero-order valence-corrected chi connectivity index (χ0v) is 9.38. The zero-order valence-electron chi connectivity index (χ0n) is 8.56. The van der Waals surface area contributed by atoms with Crippen LogP contribution in [0, 0.1) is 11.3 Å². The van der Waals surface area contributed by atoms with Crippen molar-refractivity contribution in [1.29, 1.82) is 0 Å². The maximum Gasteiger partial charge on any atom is 0.310 e. The largest absolute Gasteiger partial charge is 0.466 e. The van der Waals surface area contributed by atoms with Crippen molar-refractivity contribution in [3.63, 3.8) is 0 Å². The average molecular weight is 234 g/mol. The first-order valence-electron chi connectivity index (χ1n) is 4.94. The molecule has 86 valence electrons. The average Bonchev–Trinajstić information content (AvgIpc) is 2.37. The third kappa shape index (κ3) is 1.76. The van der Waals surface area contributed by atoms with Gasteiger partial charge in [0.25, 0.3) is 0 Å². The molecule has 2 saturated heterocycles. The third-order valence-corrected chi connectivity index (χ3v) is 4.87. The molecule has 5 nitrogen and oxygen atoms in total. The summed E-state index contributed by atoms with van der Waals surface area (Å²) < 4.78 is 32.9. The molecule has 0 aromatic carbocycles. The van der Waals surface area contributed by atoms with Gasteiger partial charge >= 0.3 is 5.97 Å². The molecule has 0 aromatic rings. The Bertz CT molecular complexity index is 368. The minimum absolute atomic E-state index is 0.0590. The number of hydrogen-bond donors (Lipinski definition) is 0. The molecule has 0 radical (unpaired) electrons. The second-order valence-corrected chi connectivity index (χ2v) is 6.32. The molecule has 0 amide bonds. The van der Waals surface area contributed by atoms with Gasteiger partial charge in [0.1, 0.15) is 0 Å². The Balaban J connectivity index is 2.20. The molecule has 1 unspecified atom stereocenters. The Morgan fingerprint density at radius 1 is 1.53 bits per heavy atom. The number of rotatable bonds is 2. The van der Waals surface area contributed by atoms with Gasteiger partial charge < -0.3 is 9.47 Å².